The van der Waals surface area contributed by atoms with Crippen molar-refractivity contribution in [3.05, 3.63) is 30.1 Å². The van der Waals surface area contributed by atoms with Crippen LogP contribution in [0.3, 0.4) is 0 Å². The predicted molar refractivity (Wildman–Crippen MR) is 98.6 cm³/mol. The molecule has 2 atom stereocenters. The van der Waals surface area contributed by atoms with Crippen LogP contribution in [0.15, 0.2) is 24.5 Å². The van der Waals surface area contributed by atoms with Gasteiger partial charge in [-0.2, -0.15) is 5.26 Å². The molecule has 0 aliphatic heterocycles. The minimum Gasteiger partial charge on any atom is -0.337 e. The Hall–Kier alpha value is -1.93. The highest BCUT2D eigenvalue weighted by atomic mass is 16.2. The van der Waals surface area contributed by atoms with Gasteiger partial charge in [-0.3, -0.25) is 9.78 Å². The van der Waals surface area contributed by atoms with Crippen LogP contribution in [0.25, 0.3) is 0 Å². The zero-order valence-corrected chi connectivity index (χ0v) is 15.6. The Kier molecular flexibility index (Phi) is 6.95. The molecule has 0 spiro atoms. The van der Waals surface area contributed by atoms with Crippen molar-refractivity contribution in [2.45, 2.75) is 64.5 Å². The monoisotopic (exact) mass is 342 g/mol. The molecule has 0 radical (unpaired) electrons. The maximum Gasteiger partial charge on any atom is 0.235 e. The highest BCUT2D eigenvalue weighted by Gasteiger charge is 2.31. The highest BCUT2D eigenvalue weighted by Crippen LogP contribution is 2.34. The van der Waals surface area contributed by atoms with E-state index in [1.54, 1.807) is 13.1 Å². The third kappa shape index (κ3) is 5.27. The lowest BCUT2D eigenvalue weighted by atomic mass is 9.81. The lowest BCUT2D eigenvalue weighted by molar-refractivity contribution is -0.122. The summed E-state index contributed by atoms with van der Waals surface area (Å²) in [5, 5.41) is 15.7. The summed E-state index contributed by atoms with van der Waals surface area (Å²) >= 11 is 0. The Morgan fingerprint density at radius 3 is 2.68 bits per heavy atom. The summed E-state index contributed by atoms with van der Waals surface area (Å²) in [6, 6.07) is 6.37. The van der Waals surface area contributed by atoms with Crippen molar-refractivity contribution in [2.75, 3.05) is 6.54 Å². The lowest BCUT2D eigenvalue weighted by Gasteiger charge is -2.32. The molecule has 0 aromatic carbocycles. The van der Waals surface area contributed by atoms with Gasteiger partial charge >= 0.3 is 0 Å². The quantitative estimate of drug-likeness (QED) is 0.796. The fourth-order valence-electron chi connectivity index (χ4n) is 3.42. The smallest absolute Gasteiger partial charge is 0.235 e. The molecule has 2 rings (SSSR count). The van der Waals surface area contributed by atoms with E-state index in [-0.39, 0.29) is 24.4 Å². The van der Waals surface area contributed by atoms with Gasteiger partial charge in [0.2, 0.25) is 5.91 Å². The van der Waals surface area contributed by atoms with Gasteiger partial charge < -0.3 is 10.6 Å². The molecule has 5 heteroatoms. The number of nitrogens with zero attached hydrogens (tertiary/aromatic N) is 2. The third-order valence-electron chi connectivity index (χ3n) is 5.43. The highest BCUT2D eigenvalue weighted by molar-refractivity contribution is 5.79. The van der Waals surface area contributed by atoms with Crippen molar-refractivity contribution >= 4 is 5.91 Å². The fourth-order valence-corrected chi connectivity index (χ4v) is 3.42. The standard InChI is InChI=1S/C20H30N4O/c1-15(2)20(3,14-21)24-18(25)13-23-19(16-8-5-4-6-9-16)17-10-7-11-22-12-17/h7,10-12,15-16,19,23H,4-6,8-9,13H2,1-3H3,(H,24,25)/t19-,20+/m0/s1. The Balaban J connectivity index is 2.02. The SMILES string of the molecule is CC(C)[C@@](C)(C#N)NC(=O)CN[C@H](c1cccnc1)C1CCCCC1. The minimum atomic E-state index is -0.840. The van der Waals surface area contributed by atoms with E-state index in [0.717, 1.165) is 5.56 Å². The van der Waals surface area contributed by atoms with E-state index < -0.39 is 5.54 Å². The van der Waals surface area contributed by atoms with Crippen molar-refractivity contribution in [1.29, 1.82) is 5.26 Å². The second-order valence-electron chi connectivity index (χ2n) is 7.56. The van der Waals surface area contributed by atoms with Crippen molar-refractivity contribution < 1.29 is 4.79 Å². The topological polar surface area (TPSA) is 77.8 Å². The number of carbonyl (C=O) groups excluding carboxylic acids is 1. The molecule has 136 valence electrons. The van der Waals surface area contributed by atoms with E-state index in [2.05, 4.69) is 27.8 Å². The fraction of sp³-hybridized carbons (Fsp3) is 0.650. The van der Waals surface area contributed by atoms with E-state index >= 15 is 0 Å². The van der Waals surface area contributed by atoms with Gasteiger partial charge in [0.05, 0.1) is 12.6 Å². The molecular formula is C20H30N4O. The molecule has 1 saturated carbocycles. The number of nitriles is 1. The minimum absolute atomic E-state index is 0.0499. The van der Waals surface area contributed by atoms with Crippen LogP contribution < -0.4 is 10.6 Å². The summed E-state index contributed by atoms with van der Waals surface area (Å²) in [6.07, 6.45) is 9.80. The molecule has 0 saturated heterocycles. The van der Waals surface area contributed by atoms with Gasteiger partial charge in [-0.05, 0) is 43.2 Å². The summed E-state index contributed by atoms with van der Waals surface area (Å²) in [7, 11) is 0. The molecule has 0 bridgehead atoms. The van der Waals surface area contributed by atoms with Crippen LogP contribution >= 0.6 is 0 Å². The molecule has 1 heterocycles. The lowest BCUT2D eigenvalue weighted by Crippen LogP contribution is -2.51. The normalized spacial score (nSPS) is 19.0. The van der Waals surface area contributed by atoms with Crippen LogP contribution in [0.2, 0.25) is 0 Å². The Bertz CT molecular complexity index is 589. The van der Waals surface area contributed by atoms with Crippen molar-refractivity contribution in [1.82, 2.24) is 15.6 Å². The number of nitrogens with one attached hydrogen (secondary N) is 2. The number of rotatable bonds is 7. The first-order valence-corrected chi connectivity index (χ1v) is 9.32. The number of hydrogen-bond donors (Lipinski definition) is 2. The number of aromatic nitrogens is 1. The summed E-state index contributed by atoms with van der Waals surface area (Å²) in [4.78, 5) is 16.6. The first-order valence-electron chi connectivity index (χ1n) is 9.32. The van der Waals surface area contributed by atoms with Gasteiger partial charge in [0, 0.05) is 18.4 Å². The van der Waals surface area contributed by atoms with Crippen LogP contribution in [-0.2, 0) is 4.79 Å². The van der Waals surface area contributed by atoms with Crippen molar-refractivity contribution in [3.8, 4) is 6.07 Å². The van der Waals surface area contributed by atoms with Gasteiger partial charge in [-0.1, -0.05) is 39.2 Å². The molecule has 1 aliphatic rings. The van der Waals surface area contributed by atoms with Gasteiger partial charge in [0.25, 0.3) is 0 Å². The molecule has 1 aromatic rings. The van der Waals surface area contributed by atoms with E-state index in [9.17, 15) is 10.1 Å². The van der Waals surface area contributed by atoms with E-state index in [0.29, 0.717) is 5.92 Å². The van der Waals surface area contributed by atoms with E-state index in [1.807, 2.05) is 26.1 Å². The molecule has 1 amide bonds. The average molecular weight is 342 g/mol. The summed E-state index contributed by atoms with van der Waals surface area (Å²) in [6.45, 7) is 5.87. The van der Waals surface area contributed by atoms with Gasteiger partial charge in [0.1, 0.15) is 5.54 Å². The second kappa shape index (κ2) is 8.96. The predicted octanol–water partition coefficient (Wildman–Crippen LogP) is 3.35. The van der Waals surface area contributed by atoms with Crippen LogP contribution in [0.1, 0.15) is 64.5 Å². The Morgan fingerprint density at radius 1 is 1.40 bits per heavy atom. The van der Waals surface area contributed by atoms with Crippen LogP contribution in [0, 0.1) is 23.2 Å². The molecule has 5 nitrogen and oxygen atoms in total. The van der Waals surface area contributed by atoms with E-state index in [1.165, 1.54) is 32.1 Å². The summed E-state index contributed by atoms with van der Waals surface area (Å²) < 4.78 is 0. The molecule has 1 aromatic heterocycles. The van der Waals surface area contributed by atoms with Gasteiger partial charge in [-0.25, -0.2) is 0 Å². The Morgan fingerprint density at radius 2 is 2.12 bits per heavy atom. The van der Waals surface area contributed by atoms with Crippen molar-refractivity contribution in [2.24, 2.45) is 11.8 Å². The van der Waals surface area contributed by atoms with Crippen LogP contribution in [0.4, 0.5) is 0 Å². The number of pyridine rings is 1. The van der Waals surface area contributed by atoms with E-state index in [4.69, 9.17) is 0 Å². The first-order chi connectivity index (χ1) is 12.0. The average Bonchev–Trinajstić information content (AvgIpc) is 2.63. The van der Waals surface area contributed by atoms with Crippen LogP contribution in [0.5, 0.6) is 0 Å². The number of hydrogen-bond acceptors (Lipinski definition) is 4. The summed E-state index contributed by atoms with van der Waals surface area (Å²) in [5.41, 5.74) is 0.294. The van der Waals surface area contributed by atoms with Gasteiger partial charge in [0.15, 0.2) is 0 Å². The molecule has 0 unspecified atom stereocenters. The molecule has 1 aliphatic carbocycles. The third-order valence-corrected chi connectivity index (χ3v) is 5.43. The second-order valence-corrected chi connectivity index (χ2v) is 7.56. The maximum atomic E-state index is 12.4. The largest absolute Gasteiger partial charge is 0.337 e. The molecule has 1 fully saturated rings. The maximum absolute atomic E-state index is 12.4. The first kappa shape index (κ1) is 19.4. The summed E-state index contributed by atoms with van der Waals surface area (Å²) in [5.74, 6) is 0.439. The number of amides is 1. The van der Waals surface area contributed by atoms with Crippen molar-refractivity contribution in [3.63, 3.8) is 0 Å². The zero-order chi connectivity index (χ0) is 18.3. The molecule has 25 heavy (non-hydrogen) atoms. The van der Waals surface area contributed by atoms with Crippen LogP contribution in [-0.4, -0.2) is 23.0 Å². The van der Waals surface area contributed by atoms with Gasteiger partial charge in [-0.15, -0.1) is 0 Å². The number of carbonyl (C=O) groups is 1. The molecule has 2 N–H and O–H groups in total. The zero-order valence-electron chi connectivity index (χ0n) is 15.6. The molecular weight excluding hydrogens is 312 g/mol. The Labute approximate surface area is 151 Å².